The van der Waals surface area contributed by atoms with E-state index in [4.69, 9.17) is 0 Å². The number of rotatable bonds is 5. The van der Waals surface area contributed by atoms with Gasteiger partial charge in [0.25, 0.3) is 0 Å². The van der Waals surface area contributed by atoms with Crippen LogP contribution in [0.25, 0.3) is 0 Å². The Balaban J connectivity index is 4.71. The van der Waals surface area contributed by atoms with Crippen LogP contribution in [-0.4, -0.2) is 18.0 Å². The quantitative estimate of drug-likeness (QED) is 0.382. The van der Waals surface area contributed by atoms with Crippen LogP contribution in [0.1, 0.15) is 26.2 Å². The molecule has 0 atom stereocenters. The van der Waals surface area contributed by atoms with Crippen molar-refractivity contribution in [3.05, 3.63) is 12.2 Å². The number of hydrogen-bond donors (Lipinski definition) is 0. The molecule has 0 N–H and O–H groups in total. The van der Waals surface area contributed by atoms with E-state index in [1.807, 2.05) is 0 Å². The molecule has 0 rings (SSSR count). The molecule has 0 bridgehead atoms. The lowest BCUT2D eigenvalue weighted by Crippen LogP contribution is -2.50. The van der Waals surface area contributed by atoms with E-state index in [1.54, 1.807) is 6.92 Å². The second-order valence-electron chi connectivity index (χ2n) is 3.24. The van der Waals surface area contributed by atoms with Gasteiger partial charge < -0.3 is 0 Å². The molecular weight excluding hydrogens is 241 g/mol. The van der Waals surface area contributed by atoms with E-state index in [2.05, 4.69) is 0 Å². The summed E-state index contributed by atoms with van der Waals surface area (Å²) >= 11 is 0. The van der Waals surface area contributed by atoms with Gasteiger partial charge in [-0.25, -0.2) is 0 Å². The maximum absolute atomic E-state index is 12.6. The van der Waals surface area contributed by atoms with Crippen molar-refractivity contribution < 1.29 is 30.7 Å². The average Bonchev–Trinajstić information content (AvgIpc) is 2.10. The first-order valence-electron chi connectivity index (χ1n) is 4.56. The van der Waals surface area contributed by atoms with Gasteiger partial charge in [0, 0.05) is 0 Å². The summed E-state index contributed by atoms with van der Waals surface area (Å²) in [5.41, 5.74) is 0. The van der Waals surface area contributed by atoms with E-state index in [9.17, 15) is 30.7 Å². The van der Waals surface area contributed by atoms with E-state index in [1.165, 1.54) is 0 Å². The molecule has 0 radical (unpaired) electrons. The van der Waals surface area contributed by atoms with Crippen molar-refractivity contribution in [1.29, 1.82) is 0 Å². The molecule has 0 spiro atoms. The minimum absolute atomic E-state index is 0.0417. The van der Waals surface area contributed by atoms with Gasteiger partial charge in [-0.05, 0) is 12.5 Å². The SMILES string of the molecule is CCCC/C=C\C(F)(F)C(F)(F)C(F)(F)F. The van der Waals surface area contributed by atoms with Crippen LogP contribution in [0.4, 0.5) is 30.7 Å². The summed E-state index contributed by atoms with van der Waals surface area (Å²) in [7, 11) is 0. The maximum Gasteiger partial charge on any atom is 0.460 e. The Hall–Kier alpha value is -0.750. The fourth-order valence-corrected chi connectivity index (χ4v) is 0.847. The van der Waals surface area contributed by atoms with E-state index < -0.39 is 18.0 Å². The third kappa shape index (κ3) is 3.38. The van der Waals surface area contributed by atoms with Gasteiger partial charge in [0.1, 0.15) is 0 Å². The van der Waals surface area contributed by atoms with Crippen molar-refractivity contribution in [3.63, 3.8) is 0 Å². The number of halogens is 7. The Morgan fingerprint density at radius 2 is 1.44 bits per heavy atom. The third-order valence-electron chi connectivity index (χ3n) is 1.83. The second-order valence-corrected chi connectivity index (χ2v) is 3.24. The smallest absolute Gasteiger partial charge is 0.195 e. The van der Waals surface area contributed by atoms with Crippen molar-refractivity contribution in [1.82, 2.24) is 0 Å². The zero-order valence-electron chi connectivity index (χ0n) is 8.42. The first-order valence-corrected chi connectivity index (χ1v) is 4.56. The summed E-state index contributed by atoms with van der Waals surface area (Å²) in [6.45, 7) is 1.73. The maximum atomic E-state index is 12.6. The van der Waals surface area contributed by atoms with Gasteiger partial charge in [0.2, 0.25) is 0 Å². The van der Waals surface area contributed by atoms with Crippen molar-refractivity contribution >= 4 is 0 Å². The molecule has 0 saturated heterocycles. The standard InChI is InChI=1S/C9H11F7/c1-2-3-4-5-6-7(10,11)8(12,13)9(14,15)16/h5-6H,2-4H2,1H3/b6-5-. The van der Waals surface area contributed by atoms with Gasteiger partial charge in [-0.2, -0.15) is 30.7 Å². The lowest BCUT2D eigenvalue weighted by atomic mass is 10.1. The van der Waals surface area contributed by atoms with E-state index in [-0.39, 0.29) is 12.5 Å². The Kier molecular flexibility index (Phi) is 4.82. The minimum Gasteiger partial charge on any atom is -0.195 e. The summed E-state index contributed by atoms with van der Waals surface area (Å²) in [4.78, 5) is 0. The first-order chi connectivity index (χ1) is 7.06. The highest BCUT2D eigenvalue weighted by Gasteiger charge is 2.71. The molecule has 0 aromatic rings. The van der Waals surface area contributed by atoms with Crippen molar-refractivity contribution in [2.75, 3.05) is 0 Å². The minimum atomic E-state index is -6.26. The normalized spacial score (nSPS) is 14.8. The molecule has 0 aliphatic rings. The molecule has 7 heteroatoms. The van der Waals surface area contributed by atoms with E-state index in [0.717, 1.165) is 0 Å². The summed E-state index contributed by atoms with van der Waals surface area (Å²) < 4.78 is 84.6. The molecule has 0 aromatic carbocycles. The molecule has 0 aliphatic carbocycles. The Morgan fingerprint density at radius 3 is 1.81 bits per heavy atom. The number of hydrogen-bond acceptors (Lipinski definition) is 0. The largest absolute Gasteiger partial charge is 0.460 e. The second kappa shape index (κ2) is 5.05. The van der Waals surface area contributed by atoms with Gasteiger partial charge >= 0.3 is 18.0 Å². The third-order valence-corrected chi connectivity index (χ3v) is 1.83. The molecule has 0 aromatic heterocycles. The highest BCUT2D eigenvalue weighted by molar-refractivity contribution is 5.05. The molecule has 16 heavy (non-hydrogen) atoms. The predicted molar refractivity (Wildman–Crippen MR) is 44.6 cm³/mol. The Morgan fingerprint density at radius 1 is 0.938 bits per heavy atom. The van der Waals surface area contributed by atoms with Gasteiger partial charge in [0.05, 0.1) is 0 Å². The van der Waals surface area contributed by atoms with Gasteiger partial charge in [0.15, 0.2) is 0 Å². The molecule has 0 saturated carbocycles. The first kappa shape index (κ1) is 15.2. The molecule has 96 valence electrons. The number of allylic oxidation sites excluding steroid dienone is 2. The number of alkyl halides is 7. The predicted octanol–water partition coefficient (Wildman–Crippen LogP) is 4.57. The van der Waals surface area contributed by atoms with Gasteiger partial charge in [-0.1, -0.05) is 25.8 Å². The van der Waals surface area contributed by atoms with Gasteiger partial charge in [-0.3, -0.25) is 0 Å². The lowest BCUT2D eigenvalue weighted by Gasteiger charge is -2.25. The lowest BCUT2D eigenvalue weighted by molar-refractivity contribution is -0.341. The van der Waals surface area contributed by atoms with Crippen molar-refractivity contribution in [3.8, 4) is 0 Å². The zero-order chi connectivity index (χ0) is 13.0. The van der Waals surface area contributed by atoms with Crippen LogP contribution >= 0.6 is 0 Å². The van der Waals surface area contributed by atoms with Crippen LogP contribution in [0.15, 0.2) is 12.2 Å². The Bertz CT molecular complexity index is 239. The molecular formula is C9H11F7. The van der Waals surface area contributed by atoms with Crippen LogP contribution in [0.2, 0.25) is 0 Å². The summed E-state index contributed by atoms with van der Waals surface area (Å²) in [5.74, 6) is -11.2. The average molecular weight is 252 g/mol. The summed E-state index contributed by atoms with van der Waals surface area (Å²) in [5, 5.41) is 0. The summed E-state index contributed by atoms with van der Waals surface area (Å²) in [6.07, 6.45) is -4.87. The molecule has 0 heterocycles. The van der Waals surface area contributed by atoms with E-state index in [0.29, 0.717) is 18.9 Å². The fraction of sp³-hybridized carbons (Fsp3) is 0.778. The van der Waals surface area contributed by atoms with Crippen molar-refractivity contribution in [2.24, 2.45) is 0 Å². The highest BCUT2D eigenvalue weighted by Crippen LogP contribution is 2.47. The van der Waals surface area contributed by atoms with Crippen LogP contribution < -0.4 is 0 Å². The molecule has 0 amide bonds. The summed E-state index contributed by atoms with van der Waals surface area (Å²) in [6, 6.07) is 0. The molecule has 0 nitrogen and oxygen atoms in total. The molecule has 0 aliphatic heterocycles. The van der Waals surface area contributed by atoms with Crippen LogP contribution in [0.3, 0.4) is 0 Å². The van der Waals surface area contributed by atoms with Crippen LogP contribution in [0.5, 0.6) is 0 Å². The molecule has 0 unspecified atom stereocenters. The highest BCUT2D eigenvalue weighted by atomic mass is 19.4. The Labute approximate surface area is 88.1 Å². The fourth-order valence-electron chi connectivity index (χ4n) is 0.847. The monoisotopic (exact) mass is 252 g/mol. The van der Waals surface area contributed by atoms with E-state index >= 15 is 0 Å². The van der Waals surface area contributed by atoms with Gasteiger partial charge in [-0.15, -0.1) is 0 Å². The molecule has 0 fully saturated rings. The van der Waals surface area contributed by atoms with Crippen LogP contribution in [0, 0.1) is 0 Å². The van der Waals surface area contributed by atoms with Crippen molar-refractivity contribution in [2.45, 2.75) is 44.2 Å². The van der Waals surface area contributed by atoms with Crippen LogP contribution in [-0.2, 0) is 0 Å². The number of unbranched alkanes of at least 4 members (excludes halogenated alkanes) is 2. The topological polar surface area (TPSA) is 0 Å². The zero-order valence-corrected chi connectivity index (χ0v) is 8.42.